The fourth-order valence-electron chi connectivity index (χ4n) is 1.80. The number of aliphatic carboxylic acids is 1. The fraction of sp³-hybridized carbons (Fsp3) is 0.154. The smallest absolute Gasteiger partial charge is 0.417 e. The first-order valence-electron chi connectivity index (χ1n) is 6.10. The molecule has 10 heteroatoms. The van der Waals surface area contributed by atoms with Crippen molar-refractivity contribution in [3.63, 3.8) is 0 Å². The summed E-state index contributed by atoms with van der Waals surface area (Å²) in [5.74, 6) is -2.01. The van der Waals surface area contributed by atoms with Crippen molar-refractivity contribution in [2.45, 2.75) is 12.7 Å². The number of nitrogens with zero attached hydrogens (tertiary/aromatic N) is 2. The van der Waals surface area contributed by atoms with E-state index in [-0.39, 0.29) is 11.4 Å². The average molecular weight is 348 g/mol. The Hall–Kier alpha value is -2.55. The van der Waals surface area contributed by atoms with Gasteiger partial charge in [-0.1, -0.05) is 11.6 Å². The lowest BCUT2D eigenvalue weighted by atomic mass is 10.2. The number of carbonyl (C=O) groups is 2. The largest absolute Gasteiger partial charge is 0.480 e. The van der Waals surface area contributed by atoms with Crippen LogP contribution in [0.25, 0.3) is 0 Å². The SMILES string of the molecule is O=C(O)Cn1nccc1C(=O)Nc1ccc(Cl)c(C(F)(F)F)c1. The van der Waals surface area contributed by atoms with E-state index in [2.05, 4.69) is 10.4 Å². The number of benzene rings is 1. The summed E-state index contributed by atoms with van der Waals surface area (Å²) in [6.07, 6.45) is -3.45. The molecule has 122 valence electrons. The van der Waals surface area contributed by atoms with Gasteiger partial charge in [0, 0.05) is 11.9 Å². The van der Waals surface area contributed by atoms with Gasteiger partial charge in [0.05, 0.1) is 10.6 Å². The van der Waals surface area contributed by atoms with Crippen molar-refractivity contribution in [3.8, 4) is 0 Å². The second-order valence-electron chi connectivity index (χ2n) is 4.41. The molecule has 2 aromatic rings. The number of carboxylic acids is 1. The normalized spacial score (nSPS) is 11.3. The molecule has 0 bridgehead atoms. The van der Waals surface area contributed by atoms with Gasteiger partial charge < -0.3 is 10.4 Å². The number of anilines is 1. The van der Waals surface area contributed by atoms with Gasteiger partial charge in [0.1, 0.15) is 12.2 Å². The van der Waals surface area contributed by atoms with Crippen molar-refractivity contribution in [1.82, 2.24) is 9.78 Å². The molecule has 1 heterocycles. The Bertz CT molecular complexity index is 758. The van der Waals surface area contributed by atoms with Crippen LogP contribution < -0.4 is 5.32 Å². The van der Waals surface area contributed by atoms with Gasteiger partial charge in [0.15, 0.2) is 0 Å². The van der Waals surface area contributed by atoms with E-state index in [0.717, 1.165) is 10.7 Å². The van der Waals surface area contributed by atoms with Crippen molar-refractivity contribution in [3.05, 3.63) is 46.7 Å². The molecule has 0 saturated carbocycles. The number of rotatable bonds is 4. The number of alkyl halides is 3. The highest BCUT2D eigenvalue weighted by Crippen LogP contribution is 2.36. The van der Waals surface area contributed by atoms with Crippen LogP contribution in [-0.2, 0) is 17.5 Å². The van der Waals surface area contributed by atoms with Gasteiger partial charge in [-0.2, -0.15) is 18.3 Å². The predicted octanol–water partition coefficient (Wildman–Crippen LogP) is 2.89. The molecule has 0 radical (unpaired) electrons. The lowest BCUT2D eigenvalue weighted by Crippen LogP contribution is -2.21. The summed E-state index contributed by atoms with van der Waals surface area (Å²) in [4.78, 5) is 22.7. The molecule has 0 spiro atoms. The van der Waals surface area contributed by atoms with E-state index in [1.807, 2.05) is 0 Å². The number of hydrogen-bond donors (Lipinski definition) is 2. The van der Waals surface area contributed by atoms with Gasteiger partial charge >= 0.3 is 12.1 Å². The zero-order valence-electron chi connectivity index (χ0n) is 11.3. The number of nitrogens with one attached hydrogen (secondary N) is 1. The van der Waals surface area contributed by atoms with Crippen LogP contribution >= 0.6 is 11.6 Å². The van der Waals surface area contributed by atoms with Crippen molar-refractivity contribution >= 4 is 29.2 Å². The van der Waals surface area contributed by atoms with Crippen LogP contribution in [0.2, 0.25) is 5.02 Å². The number of amides is 1. The molecule has 1 amide bonds. The second kappa shape index (κ2) is 6.29. The molecular weight excluding hydrogens is 339 g/mol. The second-order valence-corrected chi connectivity index (χ2v) is 4.82. The molecule has 0 aliphatic heterocycles. The predicted molar refractivity (Wildman–Crippen MR) is 74.3 cm³/mol. The van der Waals surface area contributed by atoms with E-state index >= 15 is 0 Å². The number of halogens is 4. The van der Waals surface area contributed by atoms with Gasteiger partial charge in [-0.05, 0) is 24.3 Å². The minimum atomic E-state index is -4.66. The first-order valence-corrected chi connectivity index (χ1v) is 6.48. The standard InChI is InChI=1S/C13H9ClF3N3O3/c14-9-2-1-7(5-8(9)13(15,16)17)19-12(23)10-3-4-18-20(10)6-11(21)22/h1-5H,6H2,(H,19,23)(H,21,22). The molecule has 0 aliphatic rings. The molecule has 1 aromatic heterocycles. The van der Waals surface area contributed by atoms with Gasteiger partial charge in [-0.25, -0.2) is 4.68 Å². The van der Waals surface area contributed by atoms with Crippen LogP contribution in [0, 0.1) is 0 Å². The topological polar surface area (TPSA) is 84.2 Å². The minimum absolute atomic E-state index is 0.101. The van der Waals surface area contributed by atoms with Crippen LogP contribution in [-0.4, -0.2) is 26.8 Å². The summed E-state index contributed by atoms with van der Waals surface area (Å²) in [5, 5.41) is 14.1. The molecule has 6 nitrogen and oxygen atoms in total. The zero-order valence-corrected chi connectivity index (χ0v) is 12.0. The van der Waals surface area contributed by atoms with Gasteiger partial charge in [-0.3, -0.25) is 9.59 Å². The maximum absolute atomic E-state index is 12.8. The van der Waals surface area contributed by atoms with Gasteiger partial charge in [0.2, 0.25) is 0 Å². The maximum Gasteiger partial charge on any atom is 0.417 e. The van der Waals surface area contributed by atoms with E-state index in [9.17, 15) is 22.8 Å². The monoisotopic (exact) mass is 347 g/mol. The van der Waals surface area contributed by atoms with Crippen LogP contribution in [0.4, 0.5) is 18.9 Å². The Balaban J connectivity index is 2.25. The number of carboxylic acid groups (broad SMARTS) is 1. The molecule has 0 saturated heterocycles. The lowest BCUT2D eigenvalue weighted by Gasteiger charge is -2.12. The van der Waals surface area contributed by atoms with Crippen molar-refractivity contribution < 1.29 is 27.9 Å². The van der Waals surface area contributed by atoms with Crippen molar-refractivity contribution in [2.24, 2.45) is 0 Å². The average Bonchev–Trinajstić information content (AvgIpc) is 2.87. The summed E-state index contributed by atoms with van der Waals surface area (Å²) < 4.78 is 39.2. The molecule has 23 heavy (non-hydrogen) atoms. The van der Waals surface area contributed by atoms with Crippen molar-refractivity contribution in [1.29, 1.82) is 0 Å². The molecule has 0 unspecified atom stereocenters. The quantitative estimate of drug-likeness (QED) is 0.890. The van der Waals surface area contributed by atoms with Crippen LogP contribution in [0.3, 0.4) is 0 Å². The Kier molecular flexibility index (Phi) is 4.60. The first-order chi connectivity index (χ1) is 10.7. The number of carbonyl (C=O) groups excluding carboxylic acids is 1. The third-order valence-electron chi connectivity index (χ3n) is 2.76. The Morgan fingerprint density at radius 3 is 2.61 bits per heavy atom. The third-order valence-corrected chi connectivity index (χ3v) is 3.09. The van der Waals surface area contributed by atoms with Crippen LogP contribution in [0.1, 0.15) is 16.1 Å². The van der Waals surface area contributed by atoms with E-state index in [1.165, 1.54) is 18.3 Å². The summed E-state index contributed by atoms with van der Waals surface area (Å²) in [6.45, 7) is -0.551. The number of hydrogen-bond acceptors (Lipinski definition) is 3. The van der Waals surface area contributed by atoms with Crippen molar-refractivity contribution in [2.75, 3.05) is 5.32 Å². The molecular formula is C13H9ClF3N3O3. The minimum Gasteiger partial charge on any atom is -0.480 e. The van der Waals surface area contributed by atoms with E-state index < -0.39 is 35.2 Å². The molecule has 1 aromatic carbocycles. The molecule has 0 fully saturated rings. The van der Waals surface area contributed by atoms with E-state index in [0.29, 0.717) is 6.07 Å². The molecule has 2 rings (SSSR count). The van der Waals surface area contributed by atoms with E-state index in [4.69, 9.17) is 16.7 Å². The summed E-state index contributed by atoms with van der Waals surface area (Å²) in [7, 11) is 0. The Labute approximate surface area is 132 Å². The third kappa shape index (κ3) is 4.01. The fourth-order valence-corrected chi connectivity index (χ4v) is 2.02. The zero-order chi connectivity index (χ0) is 17.2. The molecule has 0 atom stereocenters. The summed E-state index contributed by atoms with van der Waals surface area (Å²) in [5.41, 5.74) is -1.32. The van der Waals surface area contributed by atoms with E-state index in [1.54, 1.807) is 0 Å². The Morgan fingerprint density at radius 2 is 2.00 bits per heavy atom. The highest BCUT2D eigenvalue weighted by atomic mass is 35.5. The Morgan fingerprint density at radius 1 is 1.30 bits per heavy atom. The van der Waals surface area contributed by atoms with Gasteiger partial charge in [-0.15, -0.1) is 0 Å². The van der Waals surface area contributed by atoms with Crippen LogP contribution in [0.15, 0.2) is 30.5 Å². The first kappa shape index (κ1) is 16.8. The van der Waals surface area contributed by atoms with Gasteiger partial charge in [0.25, 0.3) is 5.91 Å². The molecule has 2 N–H and O–H groups in total. The molecule has 0 aliphatic carbocycles. The maximum atomic E-state index is 12.8. The summed E-state index contributed by atoms with van der Waals surface area (Å²) in [6, 6.07) is 4.15. The van der Waals surface area contributed by atoms with Crippen LogP contribution in [0.5, 0.6) is 0 Å². The summed E-state index contributed by atoms with van der Waals surface area (Å²) >= 11 is 5.49. The highest BCUT2D eigenvalue weighted by molar-refractivity contribution is 6.31. The lowest BCUT2D eigenvalue weighted by molar-refractivity contribution is -0.138. The number of aromatic nitrogens is 2. The highest BCUT2D eigenvalue weighted by Gasteiger charge is 2.33.